The molecule has 0 spiro atoms. The maximum Gasteiger partial charge on any atom is 0.223 e. The fraction of sp³-hybridized carbons (Fsp3) is 0.750. The van der Waals surface area contributed by atoms with Crippen LogP contribution in [0.15, 0.2) is 0 Å². The van der Waals surface area contributed by atoms with Crippen LogP contribution in [-0.2, 0) is 20.0 Å². The molecule has 0 rings (SSSR count). The van der Waals surface area contributed by atoms with Crippen LogP contribution in [0.1, 0.15) is 13.8 Å². The Morgan fingerprint density at radius 1 is 1.45 bits per heavy atom. The minimum absolute atomic E-state index is 0.210. The van der Waals surface area contributed by atoms with E-state index in [-0.39, 0.29) is 5.75 Å². The van der Waals surface area contributed by atoms with E-state index in [2.05, 4.69) is 0 Å². The van der Waals surface area contributed by atoms with Crippen molar-refractivity contribution in [2.75, 3.05) is 5.75 Å². The molecule has 2 N–H and O–H groups in total. The van der Waals surface area contributed by atoms with Crippen molar-refractivity contribution in [3.63, 3.8) is 0 Å². The quantitative estimate of drug-likeness (QED) is 0.598. The molecule has 68 valence electrons. The van der Waals surface area contributed by atoms with Crippen LogP contribution in [-0.4, -0.2) is 28.3 Å². The van der Waals surface area contributed by atoms with Crippen molar-refractivity contribution in [3.05, 3.63) is 0 Å². The minimum Gasteiger partial charge on any atom is -0.302 e. The number of hydrogen-bond acceptors (Lipinski definition) is 3. The van der Waals surface area contributed by atoms with E-state index in [1.165, 1.54) is 13.8 Å². The van der Waals surface area contributed by atoms with E-state index in [1.807, 2.05) is 0 Å². The highest BCUT2D eigenvalue weighted by atomic mass is 32.3. The van der Waals surface area contributed by atoms with Gasteiger partial charge < -0.3 is 4.55 Å². The Bertz CT molecular complexity index is 322. The van der Waals surface area contributed by atoms with E-state index in [4.69, 9.17) is 4.55 Å². The average Bonchev–Trinajstić information content (AvgIpc) is 1.86. The van der Waals surface area contributed by atoms with Gasteiger partial charge in [-0.3, -0.25) is 0 Å². The lowest BCUT2D eigenvalue weighted by Gasteiger charge is -2.03. The molecule has 0 aliphatic heterocycles. The lowest BCUT2D eigenvalue weighted by Crippen LogP contribution is -2.32. The summed E-state index contributed by atoms with van der Waals surface area (Å²) in [5.41, 5.74) is 0. The maximum atomic E-state index is 10.7. The molecule has 1 unspecified atom stereocenters. The third-order valence-electron chi connectivity index (χ3n) is 0.946. The van der Waals surface area contributed by atoms with Crippen LogP contribution in [0.2, 0.25) is 0 Å². The monoisotopic (exact) mass is 201 g/mol. The van der Waals surface area contributed by atoms with E-state index < -0.39 is 20.0 Å². The molecular formula is C4H11NO4S2. The summed E-state index contributed by atoms with van der Waals surface area (Å²) in [7, 11) is -7.10. The number of nitrogens with one attached hydrogen (secondary N) is 1. The zero-order chi connectivity index (χ0) is 9.12. The van der Waals surface area contributed by atoms with Gasteiger partial charge in [0.05, 0.1) is 5.75 Å². The molecule has 5 nitrogen and oxygen atoms in total. The number of sulfonamides is 1. The Labute approximate surface area is 66.8 Å². The van der Waals surface area contributed by atoms with Gasteiger partial charge >= 0.3 is 0 Å². The molecule has 0 aromatic carbocycles. The molecule has 0 saturated carbocycles. The van der Waals surface area contributed by atoms with Gasteiger partial charge in [0.15, 0.2) is 9.99 Å². The molecule has 7 heteroatoms. The second-order valence-corrected chi connectivity index (χ2v) is 5.87. The first-order chi connectivity index (χ1) is 4.83. The van der Waals surface area contributed by atoms with Gasteiger partial charge in [-0.05, 0) is 13.8 Å². The number of hydrogen-bond donors (Lipinski definition) is 2. The van der Waals surface area contributed by atoms with Gasteiger partial charge in [0.2, 0.25) is 10.0 Å². The van der Waals surface area contributed by atoms with E-state index in [9.17, 15) is 12.6 Å². The van der Waals surface area contributed by atoms with Crippen molar-refractivity contribution in [2.24, 2.45) is 0 Å². The van der Waals surface area contributed by atoms with E-state index >= 15 is 0 Å². The van der Waals surface area contributed by atoms with Gasteiger partial charge in [0, 0.05) is 5.37 Å². The van der Waals surface area contributed by atoms with Crippen LogP contribution in [0.4, 0.5) is 0 Å². The predicted octanol–water partition coefficient (Wildman–Crippen LogP) is -0.580. The normalized spacial score (nSPS) is 17.4. The van der Waals surface area contributed by atoms with Crippen LogP contribution < -0.4 is 4.13 Å². The standard InChI is InChI=1S/C4H11NO4S2/c1-3-10(6,7)5-11(8,9)4-2/h3H,4H2,1-2H3,(H2,5,6,7). The predicted molar refractivity (Wildman–Crippen MR) is 45.1 cm³/mol. The van der Waals surface area contributed by atoms with E-state index in [1.54, 1.807) is 4.13 Å². The Balaban J connectivity index is 4.69. The van der Waals surface area contributed by atoms with Gasteiger partial charge in [-0.1, -0.05) is 0 Å². The van der Waals surface area contributed by atoms with Crippen LogP contribution in [0.25, 0.3) is 0 Å². The van der Waals surface area contributed by atoms with Crippen LogP contribution in [0.3, 0.4) is 0 Å². The van der Waals surface area contributed by atoms with Gasteiger partial charge in [-0.15, -0.1) is 4.13 Å². The highest BCUT2D eigenvalue weighted by molar-refractivity contribution is 8.07. The third-order valence-corrected chi connectivity index (χ3v) is 4.32. The van der Waals surface area contributed by atoms with Crippen molar-refractivity contribution in [1.29, 1.82) is 0 Å². The Kier molecular flexibility index (Phi) is 3.49. The van der Waals surface area contributed by atoms with Crippen molar-refractivity contribution >= 4 is 25.4 Å². The second kappa shape index (κ2) is 3.53. The Morgan fingerprint density at radius 3 is 2.18 bits per heavy atom. The average molecular weight is 201 g/mol. The smallest absolute Gasteiger partial charge is 0.223 e. The summed E-state index contributed by atoms with van der Waals surface area (Å²) in [4.78, 5) is 0. The van der Waals surface area contributed by atoms with Gasteiger partial charge in [-0.25, -0.2) is 12.6 Å². The largest absolute Gasteiger partial charge is 0.302 e. The topological polar surface area (TPSA) is 83.5 Å². The van der Waals surface area contributed by atoms with Crippen molar-refractivity contribution in [1.82, 2.24) is 4.13 Å². The summed E-state index contributed by atoms with van der Waals surface area (Å²) in [5.74, 6) is -0.210. The van der Waals surface area contributed by atoms with Crippen LogP contribution in [0, 0.1) is 0 Å². The molecule has 1 atom stereocenters. The van der Waals surface area contributed by atoms with Gasteiger partial charge in [-0.2, -0.15) is 0 Å². The highest BCUT2D eigenvalue weighted by Gasteiger charge is 2.11. The van der Waals surface area contributed by atoms with E-state index in [0.29, 0.717) is 0 Å². The van der Waals surface area contributed by atoms with Crippen molar-refractivity contribution in [3.8, 4) is 0 Å². The molecule has 0 aromatic rings. The lowest BCUT2D eigenvalue weighted by atomic mass is 11.0. The maximum absolute atomic E-state index is 10.7. The van der Waals surface area contributed by atoms with Gasteiger partial charge in [0.1, 0.15) is 0 Å². The SMILES string of the molecule is CC=S(=O)(O)NS(=O)(=O)CC. The third kappa shape index (κ3) is 4.35. The second-order valence-electron chi connectivity index (χ2n) is 1.79. The molecule has 0 bridgehead atoms. The van der Waals surface area contributed by atoms with Crippen LogP contribution in [0.5, 0.6) is 0 Å². The summed E-state index contributed by atoms with van der Waals surface area (Å²) < 4.78 is 42.6. The summed E-state index contributed by atoms with van der Waals surface area (Å²) in [6.45, 7) is 2.69. The first-order valence-corrected chi connectivity index (χ1v) is 6.13. The van der Waals surface area contributed by atoms with E-state index in [0.717, 1.165) is 5.37 Å². The Hall–Kier alpha value is -0.110. The molecule has 0 aliphatic carbocycles. The molecule has 0 saturated heterocycles. The zero-order valence-corrected chi connectivity index (χ0v) is 7.91. The summed E-state index contributed by atoms with van der Waals surface area (Å²) in [6.07, 6.45) is 0. The summed E-state index contributed by atoms with van der Waals surface area (Å²) >= 11 is 0. The lowest BCUT2D eigenvalue weighted by molar-refractivity contribution is 0.549. The Morgan fingerprint density at radius 2 is 1.91 bits per heavy atom. The zero-order valence-electron chi connectivity index (χ0n) is 6.27. The molecular weight excluding hydrogens is 190 g/mol. The minimum atomic E-state index is -3.60. The summed E-state index contributed by atoms with van der Waals surface area (Å²) in [6, 6.07) is 0. The molecule has 0 heterocycles. The van der Waals surface area contributed by atoms with Crippen LogP contribution >= 0.6 is 0 Å². The number of rotatable bonds is 3. The highest BCUT2D eigenvalue weighted by Crippen LogP contribution is 1.86. The molecule has 0 amide bonds. The molecule has 0 radical (unpaired) electrons. The molecule has 11 heavy (non-hydrogen) atoms. The first kappa shape index (κ1) is 10.9. The molecule has 0 aromatic heterocycles. The first-order valence-electron chi connectivity index (χ1n) is 2.90. The van der Waals surface area contributed by atoms with Crippen molar-refractivity contribution < 1.29 is 17.2 Å². The fourth-order valence-electron chi connectivity index (χ4n) is 0.289. The fourth-order valence-corrected chi connectivity index (χ4v) is 2.60. The molecule has 0 aliphatic rings. The summed E-state index contributed by atoms with van der Waals surface area (Å²) in [5, 5.41) is 0.903. The van der Waals surface area contributed by atoms with Crippen molar-refractivity contribution in [2.45, 2.75) is 13.8 Å². The molecule has 0 fully saturated rings. The van der Waals surface area contributed by atoms with Gasteiger partial charge in [0.25, 0.3) is 0 Å².